The molecule has 2 N–H and O–H groups in total. The maximum absolute atomic E-state index is 5.98. The summed E-state index contributed by atoms with van der Waals surface area (Å²) in [5.74, 6) is 1.06. The Balaban J connectivity index is 1.95. The minimum Gasteiger partial charge on any atom is -0.490 e. The van der Waals surface area contributed by atoms with Crippen molar-refractivity contribution < 1.29 is 4.74 Å². The summed E-state index contributed by atoms with van der Waals surface area (Å²) in [6.45, 7) is 6.64. The summed E-state index contributed by atoms with van der Waals surface area (Å²) in [4.78, 5) is 0. The molecule has 0 spiro atoms. The van der Waals surface area contributed by atoms with Crippen LogP contribution in [0.3, 0.4) is 0 Å². The number of para-hydroxylation sites is 1. The Morgan fingerprint density at radius 3 is 2.76 bits per heavy atom. The Morgan fingerprint density at radius 1 is 1.41 bits per heavy atom. The van der Waals surface area contributed by atoms with E-state index in [0.29, 0.717) is 6.10 Å². The summed E-state index contributed by atoms with van der Waals surface area (Å²) >= 11 is 0. The Morgan fingerprint density at radius 2 is 2.12 bits per heavy atom. The lowest BCUT2D eigenvalue weighted by molar-refractivity contribution is 0.146. The van der Waals surface area contributed by atoms with Crippen LogP contribution in [0.5, 0.6) is 5.75 Å². The molecule has 0 aromatic heterocycles. The van der Waals surface area contributed by atoms with Crippen LogP contribution in [0.1, 0.15) is 39.2 Å². The van der Waals surface area contributed by atoms with Crippen molar-refractivity contribution in [2.24, 2.45) is 11.1 Å². The fourth-order valence-corrected chi connectivity index (χ4v) is 2.94. The molecule has 0 saturated heterocycles. The maximum atomic E-state index is 5.98. The SMILES string of the molecule is CC(N)CC(C)(C)CC1Cc2ccccc2O1. The molecule has 2 unspecified atom stereocenters. The zero-order valence-electron chi connectivity index (χ0n) is 11.1. The van der Waals surface area contributed by atoms with Crippen LogP contribution in [0.15, 0.2) is 24.3 Å². The second kappa shape index (κ2) is 4.69. The van der Waals surface area contributed by atoms with Gasteiger partial charge < -0.3 is 10.5 Å². The number of hydrogen-bond acceptors (Lipinski definition) is 2. The van der Waals surface area contributed by atoms with E-state index in [1.165, 1.54) is 5.56 Å². The highest BCUT2D eigenvalue weighted by Gasteiger charge is 2.29. The minimum atomic E-state index is 0.251. The number of benzene rings is 1. The standard InChI is InChI=1S/C15H23NO/c1-11(16)9-15(2,3)10-13-8-12-6-4-5-7-14(12)17-13/h4-7,11,13H,8-10,16H2,1-3H3. The smallest absolute Gasteiger partial charge is 0.123 e. The van der Waals surface area contributed by atoms with E-state index in [1.54, 1.807) is 0 Å². The fraction of sp³-hybridized carbons (Fsp3) is 0.600. The second-order valence-electron chi connectivity index (χ2n) is 6.10. The number of ether oxygens (including phenoxy) is 1. The average Bonchev–Trinajstić information content (AvgIpc) is 2.55. The van der Waals surface area contributed by atoms with Gasteiger partial charge in [0.25, 0.3) is 0 Å². The van der Waals surface area contributed by atoms with E-state index in [1.807, 2.05) is 6.07 Å². The lowest BCUT2D eigenvalue weighted by Gasteiger charge is -2.29. The van der Waals surface area contributed by atoms with Crippen molar-refractivity contribution in [1.29, 1.82) is 0 Å². The van der Waals surface area contributed by atoms with E-state index in [9.17, 15) is 0 Å². The van der Waals surface area contributed by atoms with Crippen molar-refractivity contribution in [3.8, 4) is 5.75 Å². The molecule has 0 amide bonds. The molecule has 1 aliphatic rings. The zero-order valence-corrected chi connectivity index (χ0v) is 11.1. The van der Waals surface area contributed by atoms with Gasteiger partial charge in [-0.15, -0.1) is 0 Å². The molecule has 0 bridgehead atoms. The first-order valence-electron chi connectivity index (χ1n) is 6.46. The van der Waals surface area contributed by atoms with E-state index in [4.69, 9.17) is 10.5 Å². The normalized spacial score (nSPS) is 20.8. The van der Waals surface area contributed by atoms with Gasteiger partial charge in [0.2, 0.25) is 0 Å². The Kier molecular flexibility index (Phi) is 3.43. The molecule has 0 saturated carbocycles. The molecule has 1 aromatic rings. The molecule has 17 heavy (non-hydrogen) atoms. The molecular weight excluding hydrogens is 210 g/mol. The van der Waals surface area contributed by atoms with Gasteiger partial charge in [-0.1, -0.05) is 32.0 Å². The molecule has 2 atom stereocenters. The molecule has 0 fully saturated rings. The summed E-state index contributed by atoms with van der Waals surface area (Å²) < 4.78 is 5.98. The van der Waals surface area contributed by atoms with E-state index in [2.05, 4.69) is 39.0 Å². The van der Waals surface area contributed by atoms with E-state index < -0.39 is 0 Å². The van der Waals surface area contributed by atoms with Crippen LogP contribution >= 0.6 is 0 Å². The molecule has 2 heteroatoms. The first-order valence-corrected chi connectivity index (χ1v) is 6.46. The predicted octanol–water partition coefficient (Wildman–Crippen LogP) is 3.14. The Labute approximate surface area is 104 Å². The first-order chi connectivity index (χ1) is 7.96. The van der Waals surface area contributed by atoms with Crippen molar-refractivity contribution in [2.45, 2.75) is 52.2 Å². The van der Waals surface area contributed by atoms with Gasteiger partial charge in [-0.25, -0.2) is 0 Å². The molecule has 0 radical (unpaired) electrons. The highest BCUT2D eigenvalue weighted by atomic mass is 16.5. The van der Waals surface area contributed by atoms with Crippen molar-refractivity contribution in [3.63, 3.8) is 0 Å². The molecule has 1 heterocycles. The van der Waals surface area contributed by atoms with Crippen molar-refractivity contribution in [2.75, 3.05) is 0 Å². The summed E-state index contributed by atoms with van der Waals surface area (Å²) in [5, 5.41) is 0. The fourth-order valence-electron chi connectivity index (χ4n) is 2.94. The van der Waals surface area contributed by atoms with Gasteiger partial charge in [-0.2, -0.15) is 0 Å². The van der Waals surface area contributed by atoms with Crippen LogP contribution in [0.4, 0.5) is 0 Å². The monoisotopic (exact) mass is 233 g/mol. The van der Waals surface area contributed by atoms with Crippen LogP contribution in [-0.4, -0.2) is 12.1 Å². The summed E-state index contributed by atoms with van der Waals surface area (Å²) in [7, 11) is 0. The van der Waals surface area contributed by atoms with Gasteiger partial charge in [-0.05, 0) is 36.8 Å². The minimum absolute atomic E-state index is 0.251. The molecule has 0 aliphatic carbocycles. The summed E-state index contributed by atoms with van der Waals surface area (Å²) in [6, 6.07) is 8.60. The van der Waals surface area contributed by atoms with Crippen LogP contribution in [-0.2, 0) is 6.42 Å². The van der Waals surface area contributed by atoms with Gasteiger partial charge in [-0.3, -0.25) is 0 Å². The zero-order chi connectivity index (χ0) is 12.5. The molecule has 2 nitrogen and oxygen atoms in total. The third-order valence-corrected chi connectivity index (χ3v) is 3.37. The lowest BCUT2D eigenvalue weighted by atomic mass is 9.80. The van der Waals surface area contributed by atoms with Crippen LogP contribution < -0.4 is 10.5 Å². The van der Waals surface area contributed by atoms with Crippen molar-refractivity contribution in [3.05, 3.63) is 29.8 Å². The highest BCUT2D eigenvalue weighted by Crippen LogP contribution is 2.36. The van der Waals surface area contributed by atoms with Crippen LogP contribution in [0.2, 0.25) is 0 Å². The number of rotatable bonds is 4. The third-order valence-electron chi connectivity index (χ3n) is 3.37. The molecule has 2 rings (SSSR count). The Bertz CT molecular complexity index is 359. The van der Waals surface area contributed by atoms with Gasteiger partial charge >= 0.3 is 0 Å². The summed E-state index contributed by atoms with van der Waals surface area (Å²) in [6.07, 6.45) is 3.48. The Hall–Kier alpha value is -1.02. The number of hydrogen-bond donors (Lipinski definition) is 1. The number of nitrogens with two attached hydrogens (primary N) is 1. The van der Waals surface area contributed by atoms with E-state index in [-0.39, 0.29) is 11.5 Å². The largest absolute Gasteiger partial charge is 0.490 e. The molecule has 94 valence electrons. The predicted molar refractivity (Wildman–Crippen MR) is 71.2 cm³/mol. The summed E-state index contributed by atoms with van der Waals surface area (Å²) in [5.41, 5.74) is 7.49. The second-order valence-corrected chi connectivity index (χ2v) is 6.10. The maximum Gasteiger partial charge on any atom is 0.123 e. The topological polar surface area (TPSA) is 35.2 Å². The first kappa shape index (κ1) is 12.4. The van der Waals surface area contributed by atoms with E-state index >= 15 is 0 Å². The highest BCUT2D eigenvalue weighted by molar-refractivity contribution is 5.37. The van der Waals surface area contributed by atoms with Crippen LogP contribution in [0, 0.1) is 5.41 Å². The number of fused-ring (bicyclic) bond motifs is 1. The van der Waals surface area contributed by atoms with Gasteiger partial charge in [0.15, 0.2) is 0 Å². The third kappa shape index (κ3) is 3.22. The van der Waals surface area contributed by atoms with Gasteiger partial charge in [0.1, 0.15) is 11.9 Å². The van der Waals surface area contributed by atoms with Gasteiger partial charge in [0.05, 0.1) is 0 Å². The van der Waals surface area contributed by atoms with Gasteiger partial charge in [0, 0.05) is 12.5 Å². The van der Waals surface area contributed by atoms with Crippen molar-refractivity contribution >= 4 is 0 Å². The van der Waals surface area contributed by atoms with E-state index in [0.717, 1.165) is 25.0 Å². The molecule has 1 aliphatic heterocycles. The quantitative estimate of drug-likeness (QED) is 0.867. The molecule has 1 aromatic carbocycles. The lowest BCUT2D eigenvalue weighted by Crippen LogP contribution is -2.30. The molecular formula is C15H23NO. The average molecular weight is 233 g/mol. The van der Waals surface area contributed by atoms with Crippen LogP contribution in [0.25, 0.3) is 0 Å². The van der Waals surface area contributed by atoms with Crippen molar-refractivity contribution in [1.82, 2.24) is 0 Å².